The first kappa shape index (κ1) is 19.4. The maximum Gasteiger partial charge on any atom is 0.269 e. The molecule has 2 aromatic carbocycles. The van der Waals surface area contributed by atoms with E-state index in [-0.39, 0.29) is 5.91 Å². The SMILES string of the molecule is Cc1ccc(CSc2nnc(NC(=O)c3sc4cc(C)ccc4c3Cl)s2)cc1. The first-order valence-electron chi connectivity index (χ1n) is 8.51. The normalized spacial score (nSPS) is 11.1. The third kappa shape index (κ3) is 4.22. The number of hydrogen-bond donors (Lipinski definition) is 1. The highest BCUT2D eigenvalue weighted by Gasteiger charge is 2.19. The number of thiophene rings is 1. The second-order valence-electron chi connectivity index (χ2n) is 6.35. The van der Waals surface area contributed by atoms with Crippen LogP contribution in [0.5, 0.6) is 0 Å². The van der Waals surface area contributed by atoms with Gasteiger partial charge in [0.15, 0.2) is 4.34 Å². The lowest BCUT2D eigenvalue weighted by atomic mass is 10.2. The minimum absolute atomic E-state index is 0.255. The average Bonchev–Trinajstić information content (AvgIpc) is 3.25. The zero-order chi connectivity index (χ0) is 19.7. The van der Waals surface area contributed by atoms with Crippen molar-refractivity contribution in [3.63, 3.8) is 0 Å². The predicted molar refractivity (Wildman–Crippen MR) is 120 cm³/mol. The molecule has 4 aromatic rings. The number of amides is 1. The highest BCUT2D eigenvalue weighted by Crippen LogP contribution is 2.36. The van der Waals surface area contributed by atoms with Gasteiger partial charge >= 0.3 is 0 Å². The maximum absolute atomic E-state index is 12.7. The molecule has 8 heteroatoms. The second kappa shape index (κ2) is 8.21. The molecule has 0 saturated carbocycles. The molecule has 4 rings (SSSR count). The van der Waals surface area contributed by atoms with E-state index < -0.39 is 0 Å². The Kier molecular flexibility index (Phi) is 5.68. The molecular formula is C20H16ClN3OS3. The zero-order valence-electron chi connectivity index (χ0n) is 15.2. The Morgan fingerprint density at radius 3 is 2.61 bits per heavy atom. The van der Waals surface area contributed by atoms with Crippen molar-refractivity contribution in [2.75, 3.05) is 5.32 Å². The largest absolute Gasteiger partial charge is 0.296 e. The summed E-state index contributed by atoms with van der Waals surface area (Å²) in [6.45, 7) is 4.09. The first-order valence-corrected chi connectivity index (χ1v) is 11.5. The van der Waals surface area contributed by atoms with Crippen LogP contribution in [0.2, 0.25) is 5.02 Å². The Bertz CT molecular complexity index is 1150. The van der Waals surface area contributed by atoms with E-state index in [0.717, 1.165) is 25.7 Å². The Morgan fingerprint density at radius 1 is 1.07 bits per heavy atom. The van der Waals surface area contributed by atoms with Crippen LogP contribution in [0.15, 0.2) is 46.8 Å². The molecule has 2 heterocycles. The molecule has 0 aliphatic rings. The van der Waals surface area contributed by atoms with Crippen molar-refractivity contribution in [2.45, 2.75) is 23.9 Å². The summed E-state index contributed by atoms with van der Waals surface area (Å²) in [6.07, 6.45) is 0. The lowest BCUT2D eigenvalue weighted by Gasteiger charge is -1.99. The van der Waals surface area contributed by atoms with E-state index in [1.807, 2.05) is 25.1 Å². The molecule has 0 unspecified atom stereocenters. The third-order valence-corrected chi connectivity index (χ3v) is 7.80. The highest BCUT2D eigenvalue weighted by molar-refractivity contribution is 8.00. The van der Waals surface area contributed by atoms with Crippen molar-refractivity contribution >= 4 is 67.2 Å². The minimum atomic E-state index is -0.255. The monoisotopic (exact) mass is 445 g/mol. The van der Waals surface area contributed by atoms with E-state index >= 15 is 0 Å². The Labute approximate surface area is 180 Å². The average molecular weight is 446 g/mol. The number of aryl methyl sites for hydroxylation is 2. The van der Waals surface area contributed by atoms with Crippen LogP contribution >= 0.6 is 46.0 Å². The maximum atomic E-state index is 12.7. The lowest BCUT2D eigenvalue weighted by Crippen LogP contribution is -2.10. The van der Waals surface area contributed by atoms with Gasteiger partial charge in [-0.1, -0.05) is 76.7 Å². The van der Waals surface area contributed by atoms with Gasteiger partial charge in [-0.2, -0.15) is 0 Å². The molecule has 2 aromatic heterocycles. The molecule has 0 fully saturated rings. The van der Waals surface area contributed by atoms with Crippen molar-refractivity contribution in [1.82, 2.24) is 10.2 Å². The molecule has 0 radical (unpaired) electrons. The molecule has 0 saturated heterocycles. The van der Waals surface area contributed by atoms with Crippen LogP contribution in [0.4, 0.5) is 5.13 Å². The molecule has 4 nitrogen and oxygen atoms in total. The lowest BCUT2D eigenvalue weighted by molar-refractivity contribution is 0.103. The summed E-state index contributed by atoms with van der Waals surface area (Å²) < 4.78 is 1.82. The van der Waals surface area contributed by atoms with Crippen LogP contribution in [0.25, 0.3) is 10.1 Å². The molecule has 0 spiro atoms. The van der Waals surface area contributed by atoms with Crippen LogP contribution in [0, 0.1) is 13.8 Å². The summed E-state index contributed by atoms with van der Waals surface area (Å²) in [6, 6.07) is 14.4. The number of aromatic nitrogens is 2. The van der Waals surface area contributed by atoms with Gasteiger partial charge in [-0.3, -0.25) is 10.1 Å². The third-order valence-electron chi connectivity index (χ3n) is 4.10. The summed E-state index contributed by atoms with van der Waals surface area (Å²) in [5, 5.41) is 12.9. The molecule has 1 amide bonds. The van der Waals surface area contributed by atoms with Gasteiger partial charge in [0.25, 0.3) is 5.91 Å². The Balaban J connectivity index is 1.44. The molecule has 0 atom stereocenters. The number of carbonyl (C=O) groups excluding carboxylic acids is 1. The molecular weight excluding hydrogens is 430 g/mol. The van der Waals surface area contributed by atoms with Crippen LogP contribution < -0.4 is 5.32 Å². The fraction of sp³-hybridized carbons (Fsp3) is 0.150. The first-order chi connectivity index (χ1) is 13.5. The van der Waals surface area contributed by atoms with Gasteiger partial charge in [0, 0.05) is 15.8 Å². The van der Waals surface area contributed by atoms with Crippen molar-refractivity contribution < 1.29 is 4.79 Å². The molecule has 1 N–H and O–H groups in total. The number of nitrogens with one attached hydrogen (secondary N) is 1. The summed E-state index contributed by atoms with van der Waals surface area (Å²) in [7, 11) is 0. The van der Waals surface area contributed by atoms with Crippen LogP contribution in [0.3, 0.4) is 0 Å². The van der Waals surface area contributed by atoms with Gasteiger partial charge in [-0.05, 0) is 31.0 Å². The summed E-state index contributed by atoms with van der Waals surface area (Å²) in [4.78, 5) is 13.1. The van der Waals surface area contributed by atoms with E-state index in [9.17, 15) is 4.79 Å². The molecule has 142 valence electrons. The van der Waals surface area contributed by atoms with E-state index in [0.29, 0.717) is 15.0 Å². The Morgan fingerprint density at radius 2 is 1.82 bits per heavy atom. The van der Waals surface area contributed by atoms with E-state index in [1.165, 1.54) is 33.8 Å². The predicted octanol–water partition coefficient (Wildman–Crippen LogP) is 6.57. The molecule has 0 aliphatic heterocycles. The number of fused-ring (bicyclic) bond motifs is 1. The molecule has 0 aliphatic carbocycles. The number of thioether (sulfide) groups is 1. The highest BCUT2D eigenvalue weighted by atomic mass is 35.5. The summed E-state index contributed by atoms with van der Waals surface area (Å²) >= 11 is 10.8. The number of hydrogen-bond acceptors (Lipinski definition) is 6. The van der Waals surface area contributed by atoms with Gasteiger partial charge in [-0.15, -0.1) is 21.5 Å². The number of carbonyl (C=O) groups is 1. The van der Waals surface area contributed by atoms with Crippen molar-refractivity contribution in [2.24, 2.45) is 0 Å². The molecule has 0 bridgehead atoms. The summed E-state index contributed by atoms with van der Waals surface area (Å²) in [5.74, 6) is 0.555. The smallest absolute Gasteiger partial charge is 0.269 e. The topological polar surface area (TPSA) is 54.9 Å². The van der Waals surface area contributed by atoms with E-state index in [1.54, 1.807) is 11.8 Å². The number of rotatable bonds is 5. The quantitative estimate of drug-likeness (QED) is 0.279. The zero-order valence-corrected chi connectivity index (χ0v) is 18.4. The van der Waals surface area contributed by atoms with Gasteiger partial charge in [0.1, 0.15) is 4.88 Å². The van der Waals surface area contributed by atoms with Crippen LogP contribution in [-0.2, 0) is 5.75 Å². The number of halogens is 1. The second-order valence-corrected chi connectivity index (χ2v) is 9.98. The van der Waals surface area contributed by atoms with Crippen LogP contribution in [0.1, 0.15) is 26.4 Å². The van der Waals surface area contributed by atoms with Crippen molar-refractivity contribution in [3.8, 4) is 0 Å². The number of benzene rings is 2. The molecule has 28 heavy (non-hydrogen) atoms. The van der Waals surface area contributed by atoms with Gasteiger partial charge in [0.2, 0.25) is 5.13 Å². The fourth-order valence-corrected chi connectivity index (χ4v) is 5.83. The fourth-order valence-electron chi connectivity index (χ4n) is 2.62. The standard InChI is InChI=1S/C20H16ClN3OS3/c1-11-3-6-13(7-4-11)10-26-20-24-23-19(28-20)22-18(25)17-16(21)14-8-5-12(2)9-15(14)27-17/h3-9H,10H2,1-2H3,(H,22,23,25). The van der Waals surface area contributed by atoms with Crippen LogP contribution in [-0.4, -0.2) is 16.1 Å². The van der Waals surface area contributed by atoms with Crippen molar-refractivity contribution in [3.05, 3.63) is 69.1 Å². The van der Waals surface area contributed by atoms with Gasteiger partial charge < -0.3 is 0 Å². The Hall–Kier alpha value is -1.93. The van der Waals surface area contributed by atoms with Gasteiger partial charge in [-0.25, -0.2) is 0 Å². The van der Waals surface area contributed by atoms with E-state index in [2.05, 4.69) is 46.7 Å². The number of anilines is 1. The number of nitrogens with zero attached hydrogens (tertiary/aromatic N) is 2. The van der Waals surface area contributed by atoms with E-state index in [4.69, 9.17) is 11.6 Å². The van der Waals surface area contributed by atoms with Crippen molar-refractivity contribution in [1.29, 1.82) is 0 Å². The summed E-state index contributed by atoms with van der Waals surface area (Å²) in [5.41, 5.74) is 3.60. The minimum Gasteiger partial charge on any atom is -0.296 e. The van der Waals surface area contributed by atoms with Gasteiger partial charge in [0.05, 0.1) is 5.02 Å².